The average molecular weight is 478 g/mol. The number of aromatic nitrogens is 1. The lowest BCUT2D eigenvalue weighted by Gasteiger charge is -2.30. The van der Waals surface area contributed by atoms with Gasteiger partial charge < -0.3 is 15.1 Å². The summed E-state index contributed by atoms with van der Waals surface area (Å²) in [5.41, 5.74) is 2.59. The van der Waals surface area contributed by atoms with E-state index in [4.69, 9.17) is 4.42 Å². The van der Waals surface area contributed by atoms with E-state index in [1.54, 1.807) is 29.0 Å². The minimum absolute atomic E-state index is 0.00719. The molecule has 0 aliphatic carbocycles. The van der Waals surface area contributed by atoms with Gasteiger partial charge in [-0.2, -0.15) is 5.26 Å². The van der Waals surface area contributed by atoms with Crippen molar-refractivity contribution < 1.29 is 18.4 Å². The molecule has 3 aromatic rings. The molecule has 1 aliphatic heterocycles. The molecule has 0 radical (unpaired) electrons. The largest absolute Gasteiger partial charge is 0.467 e. The summed E-state index contributed by atoms with van der Waals surface area (Å²) in [6.07, 6.45) is 2.89. The van der Waals surface area contributed by atoms with Crippen molar-refractivity contribution in [1.29, 1.82) is 5.26 Å². The SMILES string of the molecule is Cc1c(C#N)c(NC(=O)CN2CCC(C(=O)NCc3ccco3)CC2)n(-c2ccc(F)cc2)c1C. The molecule has 8 nitrogen and oxygen atoms in total. The molecular weight excluding hydrogens is 449 g/mol. The van der Waals surface area contributed by atoms with Gasteiger partial charge in [-0.15, -0.1) is 0 Å². The van der Waals surface area contributed by atoms with Crippen molar-refractivity contribution in [3.63, 3.8) is 0 Å². The zero-order chi connectivity index (χ0) is 24.9. The molecule has 0 unspecified atom stereocenters. The van der Waals surface area contributed by atoms with Crippen molar-refractivity contribution in [3.8, 4) is 11.8 Å². The molecule has 1 fully saturated rings. The van der Waals surface area contributed by atoms with Crippen LogP contribution in [0.4, 0.5) is 10.2 Å². The standard InChI is InChI=1S/C26H28FN5O3/c1-17-18(2)32(21-7-5-20(27)6-8-21)25(23(17)14-28)30-24(33)16-31-11-9-19(10-12-31)26(34)29-15-22-4-3-13-35-22/h3-8,13,19H,9-12,15-16H2,1-2H3,(H,29,34)(H,30,33). The van der Waals surface area contributed by atoms with Gasteiger partial charge >= 0.3 is 0 Å². The molecule has 9 heteroatoms. The van der Waals surface area contributed by atoms with Crippen molar-refractivity contribution in [2.24, 2.45) is 5.92 Å². The molecule has 2 amide bonds. The zero-order valence-corrected chi connectivity index (χ0v) is 19.8. The molecule has 182 valence electrons. The summed E-state index contributed by atoms with van der Waals surface area (Å²) in [6, 6.07) is 11.7. The lowest BCUT2D eigenvalue weighted by molar-refractivity contribution is -0.126. The summed E-state index contributed by atoms with van der Waals surface area (Å²) < 4.78 is 20.5. The van der Waals surface area contributed by atoms with Crippen LogP contribution in [0.1, 0.15) is 35.4 Å². The van der Waals surface area contributed by atoms with Crippen LogP contribution in [0.25, 0.3) is 5.69 Å². The van der Waals surface area contributed by atoms with Crippen molar-refractivity contribution >= 4 is 17.6 Å². The molecule has 0 bridgehead atoms. The first-order valence-corrected chi connectivity index (χ1v) is 11.6. The lowest BCUT2D eigenvalue weighted by atomic mass is 9.96. The van der Waals surface area contributed by atoms with Gasteiger partial charge in [-0.05, 0) is 81.7 Å². The number of carbonyl (C=O) groups is 2. The van der Waals surface area contributed by atoms with E-state index in [1.807, 2.05) is 24.8 Å². The number of nitrogens with one attached hydrogen (secondary N) is 2. The highest BCUT2D eigenvalue weighted by atomic mass is 19.1. The number of rotatable bonds is 7. The fourth-order valence-electron chi connectivity index (χ4n) is 4.43. The molecule has 4 rings (SSSR count). The Kier molecular flexibility index (Phi) is 7.32. The van der Waals surface area contributed by atoms with Gasteiger partial charge in [-0.25, -0.2) is 4.39 Å². The topological polar surface area (TPSA) is 103 Å². The number of nitriles is 1. The van der Waals surface area contributed by atoms with Crippen LogP contribution in [0.15, 0.2) is 47.1 Å². The highest BCUT2D eigenvalue weighted by Gasteiger charge is 2.27. The normalized spacial score (nSPS) is 14.5. The van der Waals surface area contributed by atoms with Gasteiger partial charge in [-0.1, -0.05) is 0 Å². The van der Waals surface area contributed by atoms with Gasteiger partial charge in [0.05, 0.1) is 24.9 Å². The number of furan rings is 1. The van der Waals surface area contributed by atoms with Gasteiger partial charge in [0.1, 0.15) is 23.5 Å². The second-order valence-electron chi connectivity index (χ2n) is 8.75. The van der Waals surface area contributed by atoms with Crippen molar-refractivity contribution in [2.45, 2.75) is 33.2 Å². The van der Waals surface area contributed by atoms with Crippen molar-refractivity contribution in [1.82, 2.24) is 14.8 Å². The first-order chi connectivity index (χ1) is 16.9. The summed E-state index contributed by atoms with van der Waals surface area (Å²) in [4.78, 5) is 27.4. The molecule has 0 spiro atoms. The molecule has 0 saturated carbocycles. The third-order valence-corrected chi connectivity index (χ3v) is 6.51. The average Bonchev–Trinajstić information content (AvgIpc) is 3.45. The second-order valence-corrected chi connectivity index (χ2v) is 8.75. The van der Waals surface area contributed by atoms with E-state index < -0.39 is 0 Å². The number of carbonyl (C=O) groups excluding carboxylic acids is 2. The van der Waals surface area contributed by atoms with Crippen LogP contribution in [0.3, 0.4) is 0 Å². The van der Waals surface area contributed by atoms with Crippen LogP contribution < -0.4 is 10.6 Å². The van der Waals surface area contributed by atoms with Gasteiger partial charge in [0, 0.05) is 17.3 Å². The minimum atomic E-state index is -0.362. The maximum Gasteiger partial charge on any atom is 0.239 e. The van der Waals surface area contributed by atoms with Crippen LogP contribution in [0.5, 0.6) is 0 Å². The van der Waals surface area contributed by atoms with Crippen molar-refractivity contribution in [2.75, 3.05) is 25.0 Å². The summed E-state index contributed by atoms with van der Waals surface area (Å²) in [6.45, 7) is 5.44. The van der Waals surface area contributed by atoms with Crippen LogP contribution in [0.2, 0.25) is 0 Å². The Balaban J connectivity index is 1.37. The van der Waals surface area contributed by atoms with Crippen LogP contribution in [0, 0.1) is 36.9 Å². The summed E-state index contributed by atoms with van der Waals surface area (Å²) in [5, 5.41) is 15.5. The van der Waals surface area contributed by atoms with E-state index in [1.165, 1.54) is 12.1 Å². The van der Waals surface area contributed by atoms with Gasteiger partial charge in [0.25, 0.3) is 0 Å². The molecular formula is C26H28FN5O3. The lowest BCUT2D eigenvalue weighted by Crippen LogP contribution is -2.43. The van der Waals surface area contributed by atoms with Crippen LogP contribution in [-0.2, 0) is 16.1 Å². The number of nitrogens with zero attached hydrogens (tertiary/aromatic N) is 3. The van der Waals surface area contributed by atoms with Gasteiger partial charge in [0.15, 0.2) is 0 Å². The fourth-order valence-corrected chi connectivity index (χ4v) is 4.43. The summed E-state index contributed by atoms with van der Waals surface area (Å²) in [7, 11) is 0. The Labute approximate surface area is 203 Å². The molecule has 2 aromatic heterocycles. The Morgan fingerprint density at radius 1 is 1.17 bits per heavy atom. The summed E-state index contributed by atoms with van der Waals surface area (Å²) in [5.74, 6) is 0.372. The van der Waals surface area contributed by atoms with E-state index in [0.29, 0.717) is 55.3 Å². The van der Waals surface area contributed by atoms with Gasteiger partial charge in [-0.3, -0.25) is 19.1 Å². The second kappa shape index (κ2) is 10.6. The third-order valence-electron chi connectivity index (χ3n) is 6.51. The number of anilines is 1. The Hall–Kier alpha value is -3.90. The summed E-state index contributed by atoms with van der Waals surface area (Å²) >= 11 is 0. The zero-order valence-electron chi connectivity index (χ0n) is 19.8. The number of likely N-dealkylation sites (tertiary alicyclic amines) is 1. The monoisotopic (exact) mass is 477 g/mol. The first kappa shape index (κ1) is 24.2. The highest BCUT2D eigenvalue weighted by Crippen LogP contribution is 2.30. The number of hydrogen-bond donors (Lipinski definition) is 2. The van der Waals surface area contributed by atoms with E-state index in [9.17, 15) is 19.2 Å². The number of benzene rings is 1. The number of halogens is 1. The number of hydrogen-bond acceptors (Lipinski definition) is 5. The van der Waals surface area contributed by atoms with E-state index >= 15 is 0 Å². The molecule has 3 heterocycles. The Bertz CT molecular complexity index is 1230. The van der Waals surface area contributed by atoms with Crippen LogP contribution in [-0.4, -0.2) is 40.9 Å². The third kappa shape index (κ3) is 5.44. The molecule has 1 saturated heterocycles. The highest BCUT2D eigenvalue weighted by molar-refractivity contribution is 5.93. The molecule has 1 aliphatic rings. The van der Waals surface area contributed by atoms with E-state index in [-0.39, 0.29) is 30.1 Å². The smallest absolute Gasteiger partial charge is 0.239 e. The quantitative estimate of drug-likeness (QED) is 0.541. The maximum atomic E-state index is 13.4. The Morgan fingerprint density at radius 3 is 2.51 bits per heavy atom. The number of amides is 2. The van der Waals surface area contributed by atoms with E-state index in [2.05, 4.69) is 16.7 Å². The Morgan fingerprint density at radius 2 is 1.89 bits per heavy atom. The predicted molar refractivity (Wildman–Crippen MR) is 128 cm³/mol. The van der Waals surface area contributed by atoms with Crippen molar-refractivity contribution in [3.05, 3.63) is 71.1 Å². The number of piperidine rings is 1. The van der Waals surface area contributed by atoms with Gasteiger partial charge in [0.2, 0.25) is 11.8 Å². The van der Waals surface area contributed by atoms with E-state index in [0.717, 1.165) is 11.3 Å². The maximum absolute atomic E-state index is 13.4. The van der Waals surface area contributed by atoms with Crippen LogP contribution >= 0.6 is 0 Å². The predicted octanol–water partition coefficient (Wildman–Crippen LogP) is 3.66. The minimum Gasteiger partial charge on any atom is -0.467 e. The molecule has 2 N–H and O–H groups in total. The molecule has 1 aromatic carbocycles. The first-order valence-electron chi connectivity index (χ1n) is 11.6. The molecule has 35 heavy (non-hydrogen) atoms. The fraction of sp³-hybridized carbons (Fsp3) is 0.346. The molecule has 0 atom stereocenters.